The summed E-state index contributed by atoms with van der Waals surface area (Å²) in [4.78, 5) is 28.8. The summed E-state index contributed by atoms with van der Waals surface area (Å²) in [6.07, 6.45) is 1.16. The van der Waals surface area contributed by atoms with Crippen LogP contribution in [0.5, 0.6) is 0 Å². The molecule has 2 aliphatic heterocycles. The molecule has 0 bridgehead atoms. The lowest BCUT2D eigenvalue weighted by Crippen LogP contribution is -2.45. The summed E-state index contributed by atoms with van der Waals surface area (Å²) < 4.78 is 0. The molecule has 2 aromatic carbocycles. The van der Waals surface area contributed by atoms with Gasteiger partial charge in [0, 0.05) is 11.7 Å². The number of nitrogens with zero attached hydrogens (tertiary/aromatic N) is 2. The first-order valence-electron chi connectivity index (χ1n) is 7.95. The maximum absolute atomic E-state index is 12.9. The topological polar surface area (TPSA) is 40.6 Å². The number of anilines is 2. The van der Waals surface area contributed by atoms with E-state index in [1.54, 1.807) is 12.1 Å². The van der Waals surface area contributed by atoms with Gasteiger partial charge in [-0.2, -0.15) is 0 Å². The van der Waals surface area contributed by atoms with Crippen molar-refractivity contribution in [1.29, 1.82) is 0 Å². The summed E-state index contributed by atoms with van der Waals surface area (Å²) in [5.41, 5.74) is 2.99. The van der Waals surface area contributed by atoms with E-state index in [1.165, 1.54) is 10.5 Å². The van der Waals surface area contributed by atoms with Crippen molar-refractivity contribution in [3.8, 4) is 0 Å². The Hall–Kier alpha value is -2.62. The molecule has 23 heavy (non-hydrogen) atoms. The Labute approximate surface area is 135 Å². The lowest BCUT2D eigenvalue weighted by Gasteiger charge is -2.29. The molecule has 4 heteroatoms. The average molecular weight is 306 g/mol. The van der Waals surface area contributed by atoms with Crippen molar-refractivity contribution >= 4 is 23.2 Å². The third-order valence-corrected chi connectivity index (χ3v) is 4.73. The number of hydrogen-bond acceptors (Lipinski definition) is 3. The fraction of sp³-hybridized carbons (Fsp3) is 0.263. The lowest BCUT2D eigenvalue weighted by atomic mass is 10.1. The van der Waals surface area contributed by atoms with Crippen LogP contribution >= 0.6 is 0 Å². The predicted molar refractivity (Wildman–Crippen MR) is 89.4 cm³/mol. The van der Waals surface area contributed by atoms with Crippen LogP contribution in [0.2, 0.25) is 0 Å². The van der Waals surface area contributed by atoms with Gasteiger partial charge in [-0.3, -0.25) is 9.59 Å². The summed E-state index contributed by atoms with van der Waals surface area (Å²) in [6, 6.07) is 17.2. The summed E-state index contributed by atoms with van der Waals surface area (Å²) in [5.74, 6) is -0.243. The van der Waals surface area contributed by atoms with Crippen LogP contribution in [-0.2, 0) is 16.0 Å². The van der Waals surface area contributed by atoms with Crippen LogP contribution in [0.3, 0.4) is 0 Å². The number of hydrogen-bond donors (Lipinski definition) is 0. The largest absolute Gasteiger partial charge is 0.356 e. The molecule has 4 nitrogen and oxygen atoms in total. The number of imide groups is 1. The van der Waals surface area contributed by atoms with Crippen molar-refractivity contribution in [2.24, 2.45) is 0 Å². The molecule has 2 unspecified atom stereocenters. The van der Waals surface area contributed by atoms with Crippen LogP contribution < -0.4 is 9.80 Å². The molecule has 0 saturated carbocycles. The first-order valence-corrected chi connectivity index (χ1v) is 7.95. The van der Waals surface area contributed by atoms with Crippen molar-refractivity contribution in [3.63, 3.8) is 0 Å². The van der Waals surface area contributed by atoms with Crippen molar-refractivity contribution < 1.29 is 9.59 Å². The molecule has 0 radical (unpaired) electrons. The van der Waals surface area contributed by atoms with E-state index < -0.39 is 6.04 Å². The lowest BCUT2D eigenvalue weighted by molar-refractivity contribution is -0.121. The average Bonchev–Trinajstić information content (AvgIpc) is 3.03. The van der Waals surface area contributed by atoms with Crippen molar-refractivity contribution in [2.45, 2.75) is 31.8 Å². The molecule has 2 amide bonds. The molecule has 2 atom stereocenters. The summed E-state index contributed by atoms with van der Waals surface area (Å²) in [7, 11) is 0. The minimum absolute atomic E-state index is 0.121. The van der Waals surface area contributed by atoms with Crippen molar-refractivity contribution in [1.82, 2.24) is 0 Å². The zero-order valence-electron chi connectivity index (χ0n) is 13.0. The third kappa shape index (κ3) is 2.13. The van der Waals surface area contributed by atoms with Gasteiger partial charge in [0.05, 0.1) is 12.1 Å². The first-order chi connectivity index (χ1) is 11.2. The Morgan fingerprint density at radius 1 is 0.913 bits per heavy atom. The molecule has 0 spiro atoms. The summed E-state index contributed by atoms with van der Waals surface area (Å²) >= 11 is 0. The van der Waals surface area contributed by atoms with E-state index >= 15 is 0 Å². The number of carbonyl (C=O) groups excluding carboxylic acids is 2. The fourth-order valence-corrected chi connectivity index (χ4v) is 3.75. The molecule has 1 fully saturated rings. The highest BCUT2D eigenvalue weighted by atomic mass is 16.2. The van der Waals surface area contributed by atoms with E-state index in [0.29, 0.717) is 5.69 Å². The Balaban J connectivity index is 1.69. The molecule has 2 aliphatic rings. The van der Waals surface area contributed by atoms with E-state index in [2.05, 4.69) is 17.9 Å². The molecular formula is C19H18N2O2. The van der Waals surface area contributed by atoms with E-state index in [-0.39, 0.29) is 24.3 Å². The second-order valence-corrected chi connectivity index (χ2v) is 6.21. The van der Waals surface area contributed by atoms with Crippen LogP contribution in [0.4, 0.5) is 11.4 Å². The quantitative estimate of drug-likeness (QED) is 0.801. The predicted octanol–water partition coefficient (Wildman–Crippen LogP) is 2.77. The number of carbonyl (C=O) groups is 2. The highest BCUT2D eigenvalue weighted by molar-refractivity contribution is 6.23. The maximum atomic E-state index is 12.9. The van der Waals surface area contributed by atoms with Gasteiger partial charge in [0.2, 0.25) is 5.91 Å². The minimum atomic E-state index is -0.402. The van der Waals surface area contributed by atoms with Gasteiger partial charge >= 0.3 is 0 Å². The Bertz CT molecular complexity index is 772. The van der Waals surface area contributed by atoms with Gasteiger partial charge in [0.1, 0.15) is 6.04 Å². The van der Waals surface area contributed by atoms with Crippen LogP contribution in [0, 0.1) is 0 Å². The standard InChI is InChI=1S/C19H18N2O2/c1-13-11-14-7-5-6-10-16(14)20(13)17-12-18(22)21(19(17)23)15-8-3-2-4-9-15/h2-10,13,17H,11-12H2,1H3. The minimum Gasteiger partial charge on any atom is -0.356 e. The Kier molecular flexibility index (Phi) is 3.18. The van der Waals surface area contributed by atoms with Gasteiger partial charge in [-0.25, -0.2) is 4.90 Å². The highest BCUT2D eigenvalue weighted by Crippen LogP contribution is 2.37. The molecule has 0 N–H and O–H groups in total. The van der Waals surface area contributed by atoms with E-state index in [9.17, 15) is 9.59 Å². The van der Waals surface area contributed by atoms with E-state index in [0.717, 1.165) is 12.1 Å². The normalized spacial score (nSPS) is 23.5. The third-order valence-electron chi connectivity index (χ3n) is 4.73. The Morgan fingerprint density at radius 3 is 2.39 bits per heavy atom. The molecular weight excluding hydrogens is 288 g/mol. The van der Waals surface area contributed by atoms with Crippen LogP contribution in [-0.4, -0.2) is 23.9 Å². The van der Waals surface area contributed by atoms with Gasteiger partial charge in [-0.1, -0.05) is 36.4 Å². The fourth-order valence-electron chi connectivity index (χ4n) is 3.75. The second-order valence-electron chi connectivity index (χ2n) is 6.21. The van der Waals surface area contributed by atoms with Crippen molar-refractivity contribution in [3.05, 3.63) is 60.2 Å². The van der Waals surface area contributed by atoms with Crippen LogP contribution in [0.1, 0.15) is 18.9 Å². The van der Waals surface area contributed by atoms with Gasteiger partial charge in [0.25, 0.3) is 5.91 Å². The van der Waals surface area contributed by atoms with Crippen LogP contribution in [0.15, 0.2) is 54.6 Å². The van der Waals surface area contributed by atoms with E-state index in [4.69, 9.17) is 0 Å². The second kappa shape index (κ2) is 5.23. The summed E-state index contributed by atoms with van der Waals surface area (Å²) in [5, 5.41) is 0. The zero-order valence-corrected chi connectivity index (χ0v) is 13.0. The monoisotopic (exact) mass is 306 g/mol. The summed E-state index contributed by atoms with van der Waals surface area (Å²) in [6.45, 7) is 2.11. The first kappa shape index (κ1) is 14.0. The van der Waals surface area contributed by atoms with Gasteiger partial charge in [0.15, 0.2) is 0 Å². The van der Waals surface area contributed by atoms with E-state index in [1.807, 2.05) is 36.4 Å². The number of amides is 2. The zero-order chi connectivity index (χ0) is 16.0. The highest BCUT2D eigenvalue weighted by Gasteiger charge is 2.46. The number of rotatable bonds is 2. The number of benzene rings is 2. The molecule has 2 heterocycles. The molecule has 4 rings (SSSR count). The molecule has 116 valence electrons. The molecule has 0 aliphatic carbocycles. The molecule has 0 aromatic heterocycles. The number of para-hydroxylation sites is 2. The van der Waals surface area contributed by atoms with Crippen LogP contribution in [0.25, 0.3) is 0 Å². The van der Waals surface area contributed by atoms with Crippen molar-refractivity contribution in [2.75, 3.05) is 9.80 Å². The smallest absolute Gasteiger partial charge is 0.256 e. The van der Waals surface area contributed by atoms with Gasteiger partial charge < -0.3 is 4.90 Å². The number of fused-ring (bicyclic) bond motifs is 1. The maximum Gasteiger partial charge on any atom is 0.256 e. The molecule has 1 saturated heterocycles. The Morgan fingerprint density at radius 2 is 1.61 bits per heavy atom. The van der Waals surface area contributed by atoms with Gasteiger partial charge in [-0.05, 0) is 37.1 Å². The SMILES string of the molecule is CC1Cc2ccccc2N1C1CC(=O)N(c2ccccc2)C1=O. The molecule has 2 aromatic rings. The van der Waals surface area contributed by atoms with Gasteiger partial charge in [-0.15, -0.1) is 0 Å².